The lowest BCUT2D eigenvalue weighted by atomic mass is 10.2. The van der Waals surface area contributed by atoms with Crippen LogP contribution >= 0.6 is 11.6 Å². The van der Waals surface area contributed by atoms with Gasteiger partial charge in [0.05, 0.1) is 0 Å². The fourth-order valence-corrected chi connectivity index (χ4v) is 2.16. The highest BCUT2D eigenvalue weighted by molar-refractivity contribution is 6.30. The van der Waals surface area contributed by atoms with Crippen LogP contribution in [0.4, 0.5) is 5.69 Å². The van der Waals surface area contributed by atoms with Crippen molar-refractivity contribution in [1.82, 2.24) is 4.90 Å². The molecule has 1 aliphatic rings. The van der Waals surface area contributed by atoms with Crippen molar-refractivity contribution in [1.29, 1.82) is 0 Å². The first kappa shape index (κ1) is 10.8. The van der Waals surface area contributed by atoms with Crippen molar-refractivity contribution in [3.05, 3.63) is 29.3 Å². The number of rotatable bonds is 1. The molecule has 2 nitrogen and oxygen atoms in total. The maximum atomic E-state index is 6.00. The van der Waals surface area contributed by atoms with Crippen LogP contribution in [-0.4, -0.2) is 38.1 Å². The average molecular weight is 225 g/mol. The molecule has 0 atom stereocenters. The molecule has 1 fully saturated rings. The molecule has 1 saturated heterocycles. The molecule has 82 valence electrons. The van der Waals surface area contributed by atoms with Gasteiger partial charge in [0.2, 0.25) is 0 Å². The second-order valence-electron chi connectivity index (χ2n) is 4.12. The minimum absolute atomic E-state index is 0.824. The minimum Gasteiger partial charge on any atom is -0.370 e. The van der Waals surface area contributed by atoms with Gasteiger partial charge in [-0.1, -0.05) is 17.7 Å². The van der Waals surface area contributed by atoms with Crippen molar-refractivity contribution < 1.29 is 0 Å². The zero-order valence-corrected chi connectivity index (χ0v) is 9.87. The quantitative estimate of drug-likeness (QED) is 0.723. The number of halogens is 1. The highest BCUT2D eigenvalue weighted by Crippen LogP contribution is 2.20. The van der Waals surface area contributed by atoms with Crippen LogP contribution in [0.15, 0.2) is 24.3 Å². The molecule has 0 radical (unpaired) electrons. The van der Waals surface area contributed by atoms with E-state index in [9.17, 15) is 0 Å². The van der Waals surface area contributed by atoms with E-state index in [0.29, 0.717) is 0 Å². The summed E-state index contributed by atoms with van der Waals surface area (Å²) >= 11 is 6.00. The Morgan fingerprint density at radius 2 is 2.00 bits per heavy atom. The lowest BCUT2D eigenvalue weighted by Gasteiger charge is -2.22. The van der Waals surface area contributed by atoms with Crippen molar-refractivity contribution in [3.8, 4) is 0 Å². The predicted molar refractivity (Wildman–Crippen MR) is 65.8 cm³/mol. The first-order valence-corrected chi connectivity index (χ1v) is 5.82. The number of hydrogen-bond donors (Lipinski definition) is 0. The highest BCUT2D eigenvalue weighted by atomic mass is 35.5. The Kier molecular flexibility index (Phi) is 3.49. The Labute approximate surface area is 96.4 Å². The largest absolute Gasteiger partial charge is 0.370 e. The zero-order valence-electron chi connectivity index (χ0n) is 9.12. The lowest BCUT2D eigenvalue weighted by Crippen LogP contribution is -2.28. The molecule has 0 N–H and O–H groups in total. The fraction of sp³-hybridized carbons (Fsp3) is 0.500. The average Bonchev–Trinajstić information content (AvgIpc) is 2.43. The highest BCUT2D eigenvalue weighted by Gasteiger charge is 2.12. The van der Waals surface area contributed by atoms with E-state index in [1.807, 2.05) is 18.2 Å². The number of hydrogen-bond acceptors (Lipinski definition) is 2. The van der Waals surface area contributed by atoms with Gasteiger partial charge in [-0.15, -0.1) is 0 Å². The van der Waals surface area contributed by atoms with Gasteiger partial charge in [0.25, 0.3) is 0 Å². The molecule has 3 heteroatoms. The summed E-state index contributed by atoms with van der Waals surface area (Å²) in [5, 5.41) is 0.824. The second-order valence-corrected chi connectivity index (χ2v) is 4.56. The van der Waals surface area contributed by atoms with Crippen molar-refractivity contribution in [2.45, 2.75) is 6.42 Å². The molecular formula is C12H17ClN2. The van der Waals surface area contributed by atoms with Crippen LogP contribution < -0.4 is 4.90 Å². The van der Waals surface area contributed by atoms with Crippen LogP contribution in [0.3, 0.4) is 0 Å². The SMILES string of the molecule is CN1CCCN(c2cccc(Cl)c2)CC1. The van der Waals surface area contributed by atoms with Gasteiger partial charge in [-0.25, -0.2) is 0 Å². The van der Waals surface area contributed by atoms with Gasteiger partial charge in [-0.05, 0) is 38.2 Å². The van der Waals surface area contributed by atoms with Gasteiger partial charge in [0.15, 0.2) is 0 Å². The molecule has 0 spiro atoms. The van der Waals surface area contributed by atoms with E-state index in [-0.39, 0.29) is 0 Å². The predicted octanol–water partition coefficient (Wildman–Crippen LogP) is 2.48. The molecule has 0 bridgehead atoms. The maximum Gasteiger partial charge on any atom is 0.0426 e. The normalized spacial score (nSPS) is 18.9. The smallest absolute Gasteiger partial charge is 0.0426 e. The maximum absolute atomic E-state index is 6.00. The van der Waals surface area contributed by atoms with E-state index in [2.05, 4.69) is 22.9 Å². The first-order valence-electron chi connectivity index (χ1n) is 5.45. The van der Waals surface area contributed by atoms with Gasteiger partial charge < -0.3 is 9.80 Å². The number of nitrogens with zero attached hydrogens (tertiary/aromatic N) is 2. The van der Waals surface area contributed by atoms with Crippen LogP contribution in [-0.2, 0) is 0 Å². The summed E-state index contributed by atoms with van der Waals surface area (Å²) in [4.78, 5) is 4.79. The van der Waals surface area contributed by atoms with E-state index >= 15 is 0 Å². The molecule has 0 aliphatic carbocycles. The molecule has 1 aromatic rings. The Bertz CT molecular complexity index is 327. The standard InChI is InChI=1S/C12H17ClN2/c1-14-6-3-7-15(9-8-14)12-5-2-4-11(13)10-12/h2,4-5,10H,3,6-9H2,1H3. The molecule has 15 heavy (non-hydrogen) atoms. The Morgan fingerprint density at radius 1 is 1.13 bits per heavy atom. The molecule has 1 aliphatic heterocycles. The first-order chi connectivity index (χ1) is 7.25. The van der Waals surface area contributed by atoms with E-state index in [0.717, 1.165) is 24.7 Å². The fourth-order valence-electron chi connectivity index (χ4n) is 1.98. The molecule has 0 unspecified atom stereocenters. The van der Waals surface area contributed by atoms with E-state index in [4.69, 9.17) is 11.6 Å². The third-order valence-corrected chi connectivity index (χ3v) is 3.13. The van der Waals surface area contributed by atoms with Crippen molar-refractivity contribution >= 4 is 17.3 Å². The van der Waals surface area contributed by atoms with Crippen molar-refractivity contribution in [2.75, 3.05) is 38.1 Å². The monoisotopic (exact) mass is 224 g/mol. The summed E-state index contributed by atoms with van der Waals surface area (Å²) in [6.07, 6.45) is 1.23. The summed E-state index contributed by atoms with van der Waals surface area (Å²) in [5.74, 6) is 0. The summed E-state index contributed by atoms with van der Waals surface area (Å²) in [6.45, 7) is 4.55. The van der Waals surface area contributed by atoms with Crippen LogP contribution in [0.5, 0.6) is 0 Å². The molecule has 0 aromatic heterocycles. The molecule has 0 amide bonds. The Balaban J connectivity index is 2.09. The summed E-state index contributed by atoms with van der Waals surface area (Å²) in [5.41, 5.74) is 1.25. The third kappa shape index (κ3) is 2.86. The van der Waals surface area contributed by atoms with E-state index < -0.39 is 0 Å². The van der Waals surface area contributed by atoms with Gasteiger partial charge in [0.1, 0.15) is 0 Å². The number of likely N-dealkylation sites (N-methyl/N-ethyl adjacent to an activating group) is 1. The van der Waals surface area contributed by atoms with Gasteiger partial charge in [-0.3, -0.25) is 0 Å². The van der Waals surface area contributed by atoms with Crippen LogP contribution in [0.25, 0.3) is 0 Å². The summed E-state index contributed by atoms with van der Waals surface area (Å²) < 4.78 is 0. The van der Waals surface area contributed by atoms with Crippen LogP contribution in [0.1, 0.15) is 6.42 Å². The van der Waals surface area contributed by atoms with Crippen molar-refractivity contribution in [2.24, 2.45) is 0 Å². The minimum atomic E-state index is 0.824. The Morgan fingerprint density at radius 3 is 2.80 bits per heavy atom. The molecule has 2 rings (SSSR count). The number of benzene rings is 1. The second kappa shape index (κ2) is 4.86. The Hall–Kier alpha value is -0.730. The summed E-state index contributed by atoms with van der Waals surface area (Å²) in [7, 11) is 2.18. The molecule has 1 aromatic carbocycles. The molecule has 0 saturated carbocycles. The van der Waals surface area contributed by atoms with Gasteiger partial charge in [-0.2, -0.15) is 0 Å². The third-order valence-electron chi connectivity index (χ3n) is 2.89. The van der Waals surface area contributed by atoms with Crippen molar-refractivity contribution in [3.63, 3.8) is 0 Å². The molecular weight excluding hydrogens is 208 g/mol. The van der Waals surface area contributed by atoms with E-state index in [1.54, 1.807) is 0 Å². The van der Waals surface area contributed by atoms with E-state index in [1.165, 1.54) is 18.7 Å². The number of anilines is 1. The van der Waals surface area contributed by atoms with Crippen LogP contribution in [0, 0.1) is 0 Å². The van der Waals surface area contributed by atoms with Gasteiger partial charge >= 0.3 is 0 Å². The zero-order chi connectivity index (χ0) is 10.7. The van der Waals surface area contributed by atoms with Crippen LogP contribution in [0.2, 0.25) is 5.02 Å². The lowest BCUT2D eigenvalue weighted by molar-refractivity contribution is 0.360. The molecule has 1 heterocycles. The summed E-state index contributed by atoms with van der Waals surface area (Å²) in [6, 6.07) is 8.13. The van der Waals surface area contributed by atoms with Gasteiger partial charge in [0, 0.05) is 30.3 Å². The topological polar surface area (TPSA) is 6.48 Å².